The summed E-state index contributed by atoms with van der Waals surface area (Å²) in [5.41, 5.74) is 5.55. The molecule has 3 nitrogen and oxygen atoms in total. The number of thioether (sulfide) groups is 1. The van der Waals surface area contributed by atoms with Crippen LogP contribution in [0.4, 0.5) is 0 Å². The molecule has 0 saturated heterocycles. The molecular formula is C8H17NO2S. The van der Waals surface area contributed by atoms with E-state index in [1.54, 1.807) is 18.7 Å². The van der Waals surface area contributed by atoms with E-state index in [0.29, 0.717) is 12.4 Å². The Morgan fingerprint density at radius 3 is 2.75 bits per heavy atom. The van der Waals surface area contributed by atoms with E-state index >= 15 is 0 Å². The minimum absolute atomic E-state index is 0.291. The first-order chi connectivity index (χ1) is 5.72. The van der Waals surface area contributed by atoms with Crippen LogP contribution in [0.3, 0.4) is 0 Å². The zero-order valence-electron chi connectivity index (χ0n) is 7.71. The lowest BCUT2D eigenvalue weighted by Crippen LogP contribution is -2.34. The van der Waals surface area contributed by atoms with Crippen LogP contribution < -0.4 is 5.73 Å². The molecule has 0 heterocycles. The van der Waals surface area contributed by atoms with Gasteiger partial charge in [0.2, 0.25) is 0 Å². The highest BCUT2D eigenvalue weighted by Gasteiger charge is 2.13. The number of esters is 1. The van der Waals surface area contributed by atoms with Gasteiger partial charge in [0.05, 0.1) is 6.61 Å². The van der Waals surface area contributed by atoms with Gasteiger partial charge in [-0.05, 0) is 19.1 Å². The normalized spacial score (nSPS) is 12.6. The molecule has 0 aliphatic rings. The van der Waals surface area contributed by atoms with Crippen LogP contribution >= 0.6 is 11.8 Å². The summed E-state index contributed by atoms with van der Waals surface area (Å²) >= 11 is 1.69. The number of carbonyl (C=O) groups excluding carboxylic acids is 1. The molecule has 0 aromatic carbocycles. The van der Waals surface area contributed by atoms with Crippen LogP contribution in [-0.4, -0.2) is 30.1 Å². The van der Waals surface area contributed by atoms with Crippen molar-refractivity contribution in [3.05, 3.63) is 0 Å². The van der Waals surface area contributed by atoms with Crippen LogP contribution in [-0.2, 0) is 9.53 Å². The topological polar surface area (TPSA) is 52.3 Å². The molecule has 0 aliphatic carbocycles. The third-order valence-corrected chi connectivity index (χ3v) is 2.53. The SMILES string of the molecule is CCCSC[C@H](N)C(=O)OCC. The Balaban J connectivity index is 3.42. The summed E-state index contributed by atoms with van der Waals surface area (Å²) in [4.78, 5) is 11.0. The third-order valence-electron chi connectivity index (χ3n) is 1.24. The molecule has 0 amide bonds. The maximum atomic E-state index is 11.0. The van der Waals surface area contributed by atoms with Crippen LogP contribution in [0.15, 0.2) is 0 Å². The highest BCUT2D eigenvalue weighted by molar-refractivity contribution is 7.99. The zero-order chi connectivity index (χ0) is 9.40. The average Bonchev–Trinajstić information content (AvgIpc) is 2.05. The largest absolute Gasteiger partial charge is 0.465 e. The van der Waals surface area contributed by atoms with Crippen molar-refractivity contribution in [1.82, 2.24) is 0 Å². The maximum absolute atomic E-state index is 11.0. The van der Waals surface area contributed by atoms with Gasteiger partial charge in [0, 0.05) is 5.75 Å². The number of rotatable bonds is 6. The lowest BCUT2D eigenvalue weighted by molar-refractivity contribution is -0.144. The number of hydrogen-bond acceptors (Lipinski definition) is 4. The smallest absolute Gasteiger partial charge is 0.323 e. The van der Waals surface area contributed by atoms with Crippen molar-refractivity contribution in [1.29, 1.82) is 0 Å². The first kappa shape index (κ1) is 11.8. The van der Waals surface area contributed by atoms with Gasteiger partial charge in [-0.3, -0.25) is 4.79 Å². The van der Waals surface area contributed by atoms with Crippen molar-refractivity contribution < 1.29 is 9.53 Å². The summed E-state index contributed by atoms with van der Waals surface area (Å²) in [6, 6.07) is -0.457. The number of hydrogen-bond donors (Lipinski definition) is 1. The second-order valence-electron chi connectivity index (χ2n) is 2.43. The Morgan fingerprint density at radius 2 is 2.25 bits per heavy atom. The predicted octanol–water partition coefficient (Wildman–Crippen LogP) is 1.02. The van der Waals surface area contributed by atoms with Gasteiger partial charge in [0.1, 0.15) is 6.04 Å². The van der Waals surface area contributed by atoms with E-state index in [2.05, 4.69) is 6.92 Å². The van der Waals surface area contributed by atoms with Crippen molar-refractivity contribution in [2.75, 3.05) is 18.1 Å². The van der Waals surface area contributed by atoms with Crippen LogP contribution in [0.5, 0.6) is 0 Å². The van der Waals surface area contributed by atoms with E-state index in [1.807, 2.05) is 0 Å². The van der Waals surface area contributed by atoms with E-state index in [0.717, 1.165) is 12.2 Å². The third kappa shape index (κ3) is 5.43. The van der Waals surface area contributed by atoms with Crippen LogP contribution in [0.1, 0.15) is 20.3 Å². The van der Waals surface area contributed by atoms with E-state index < -0.39 is 6.04 Å². The monoisotopic (exact) mass is 191 g/mol. The molecule has 1 atom stereocenters. The fourth-order valence-corrected chi connectivity index (χ4v) is 1.52. The summed E-state index contributed by atoms with van der Waals surface area (Å²) in [5.74, 6) is 1.42. The molecule has 2 N–H and O–H groups in total. The minimum Gasteiger partial charge on any atom is -0.465 e. The fourth-order valence-electron chi connectivity index (χ4n) is 0.672. The molecule has 0 aliphatic heterocycles. The Kier molecular flexibility index (Phi) is 7.29. The molecule has 12 heavy (non-hydrogen) atoms. The zero-order valence-corrected chi connectivity index (χ0v) is 8.52. The van der Waals surface area contributed by atoms with Gasteiger partial charge in [0.25, 0.3) is 0 Å². The Morgan fingerprint density at radius 1 is 1.58 bits per heavy atom. The van der Waals surface area contributed by atoms with Gasteiger partial charge in [-0.15, -0.1) is 0 Å². The number of carbonyl (C=O) groups is 1. The number of nitrogens with two attached hydrogens (primary N) is 1. The van der Waals surface area contributed by atoms with E-state index in [4.69, 9.17) is 10.5 Å². The van der Waals surface area contributed by atoms with Gasteiger partial charge < -0.3 is 10.5 Å². The van der Waals surface area contributed by atoms with E-state index in [1.165, 1.54) is 0 Å². The lowest BCUT2D eigenvalue weighted by Gasteiger charge is -2.08. The molecule has 0 bridgehead atoms. The Hall–Kier alpha value is -0.220. The first-order valence-electron chi connectivity index (χ1n) is 4.22. The van der Waals surface area contributed by atoms with Gasteiger partial charge in [-0.2, -0.15) is 11.8 Å². The molecule has 0 aromatic heterocycles. The summed E-state index contributed by atoms with van der Waals surface area (Å²) in [5, 5.41) is 0. The van der Waals surface area contributed by atoms with Crippen molar-refractivity contribution in [3.63, 3.8) is 0 Å². The molecule has 0 unspecified atom stereocenters. The van der Waals surface area contributed by atoms with Crippen molar-refractivity contribution in [2.24, 2.45) is 5.73 Å². The van der Waals surface area contributed by atoms with Crippen LogP contribution in [0, 0.1) is 0 Å². The molecule has 72 valence electrons. The van der Waals surface area contributed by atoms with Crippen molar-refractivity contribution in [3.8, 4) is 0 Å². The standard InChI is InChI=1S/C8H17NO2S/c1-3-5-12-6-7(9)8(10)11-4-2/h7H,3-6,9H2,1-2H3/t7-/m0/s1. The van der Waals surface area contributed by atoms with Crippen molar-refractivity contribution >= 4 is 17.7 Å². The molecule has 0 saturated carbocycles. The highest BCUT2D eigenvalue weighted by Crippen LogP contribution is 2.04. The molecule has 0 fully saturated rings. The summed E-state index contributed by atoms with van der Waals surface area (Å²) < 4.78 is 4.76. The van der Waals surface area contributed by atoms with E-state index in [9.17, 15) is 4.79 Å². The second kappa shape index (κ2) is 7.43. The van der Waals surface area contributed by atoms with Crippen LogP contribution in [0.25, 0.3) is 0 Å². The molecule has 0 rings (SSSR count). The van der Waals surface area contributed by atoms with Gasteiger partial charge in [-0.1, -0.05) is 6.92 Å². The summed E-state index contributed by atoms with van der Waals surface area (Å²) in [6.45, 7) is 4.29. The molecule has 0 spiro atoms. The van der Waals surface area contributed by atoms with Gasteiger partial charge in [-0.25, -0.2) is 0 Å². The minimum atomic E-state index is -0.457. The second-order valence-corrected chi connectivity index (χ2v) is 3.58. The van der Waals surface area contributed by atoms with E-state index in [-0.39, 0.29) is 5.97 Å². The molecule has 4 heteroatoms. The predicted molar refractivity (Wildman–Crippen MR) is 52.2 cm³/mol. The highest BCUT2D eigenvalue weighted by atomic mass is 32.2. The van der Waals surface area contributed by atoms with Gasteiger partial charge >= 0.3 is 5.97 Å². The molecule has 0 aromatic rings. The maximum Gasteiger partial charge on any atom is 0.323 e. The van der Waals surface area contributed by atoms with Gasteiger partial charge in [0.15, 0.2) is 0 Å². The molecular weight excluding hydrogens is 174 g/mol. The quantitative estimate of drug-likeness (QED) is 0.503. The summed E-state index contributed by atoms with van der Waals surface area (Å²) in [7, 11) is 0. The van der Waals surface area contributed by atoms with Crippen molar-refractivity contribution in [2.45, 2.75) is 26.3 Å². The Labute approximate surface area is 78.0 Å². The fraction of sp³-hybridized carbons (Fsp3) is 0.875. The average molecular weight is 191 g/mol. The molecule has 0 radical (unpaired) electrons. The lowest BCUT2D eigenvalue weighted by atomic mass is 10.4. The summed E-state index contributed by atoms with van der Waals surface area (Å²) in [6.07, 6.45) is 1.11. The number of ether oxygens (including phenoxy) is 1. The first-order valence-corrected chi connectivity index (χ1v) is 5.37. The van der Waals surface area contributed by atoms with Crippen LogP contribution in [0.2, 0.25) is 0 Å². The Bertz CT molecular complexity index is 130.